The van der Waals surface area contributed by atoms with Crippen molar-refractivity contribution in [1.29, 1.82) is 0 Å². The molecule has 44 heavy (non-hydrogen) atoms. The van der Waals surface area contributed by atoms with Crippen LogP contribution in [0.2, 0.25) is 20.1 Å². The Morgan fingerprint density at radius 3 is 1.09 bits per heavy atom. The van der Waals surface area contributed by atoms with Gasteiger partial charge in [0.2, 0.25) is 0 Å². The van der Waals surface area contributed by atoms with Gasteiger partial charge in [0, 0.05) is 14.2 Å². The van der Waals surface area contributed by atoms with Gasteiger partial charge in [-0.25, -0.2) is 0 Å². The van der Waals surface area contributed by atoms with Crippen molar-refractivity contribution in [3.8, 4) is 0 Å². The molecule has 0 saturated heterocycles. The van der Waals surface area contributed by atoms with Gasteiger partial charge in [0.1, 0.15) is 0 Å². The highest BCUT2D eigenvalue weighted by Gasteiger charge is 2.48. The second-order valence-corrected chi connectivity index (χ2v) is 16.5. The Kier molecular flexibility index (Phi) is 11.3. The maximum absolute atomic E-state index is 6.33. The largest absolute Gasteiger partial charge is 0.379 e. The highest BCUT2D eigenvalue weighted by atomic mass is 35.5. The summed E-state index contributed by atoms with van der Waals surface area (Å²) in [4.78, 5) is 0. The lowest BCUT2D eigenvalue weighted by molar-refractivity contribution is -0.0476. The topological polar surface area (TPSA) is 18.5 Å². The minimum absolute atomic E-state index is 0.0400. The van der Waals surface area contributed by atoms with Crippen LogP contribution in [0.5, 0.6) is 0 Å². The summed E-state index contributed by atoms with van der Waals surface area (Å²) in [7, 11) is 3.70. The molecule has 4 fully saturated rings. The third kappa shape index (κ3) is 7.17. The molecule has 2 nitrogen and oxygen atoms in total. The van der Waals surface area contributed by atoms with Gasteiger partial charge in [0.05, 0.1) is 31.3 Å². The number of benzene rings is 2. The van der Waals surface area contributed by atoms with Crippen LogP contribution in [-0.4, -0.2) is 25.4 Å². The van der Waals surface area contributed by atoms with E-state index in [-0.39, 0.29) is 22.0 Å². The lowest BCUT2D eigenvalue weighted by atomic mass is 9.59. The van der Waals surface area contributed by atoms with Crippen molar-refractivity contribution in [2.24, 2.45) is 11.8 Å². The predicted octanol–water partition coefficient (Wildman–Crippen LogP) is 12.8. The predicted molar refractivity (Wildman–Crippen MR) is 188 cm³/mol. The molecule has 0 aromatic heterocycles. The van der Waals surface area contributed by atoms with E-state index in [2.05, 4.69) is 38.1 Å². The first-order valence-corrected chi connectivity index (χ1v) is 18.5. The van der Waals surface area contributed by atoms with Crippen LogP contribution in [0.3, 0.4) is 0 Å². The van der Waals surface area contributed by atoms with E-state index in [1.165, 1.54) is 88.2 Å². The fraction of sp³-hybridized carbons (Fsp3) is 0.684. The van der Waals surface area contributed by atoms with Crippen molar-refractivity contribution in [3.63, 3.8) is 0 Å². The zero-order valence-electron chi connectivity index (χ0n) is 27.3. The van der Waals surface area contributed by atoms with Gasteiger partial charge in [0.15, 0.2) is 0 Å². The molecule has 4 aliphatic carbocycles. The van der Waals surface area contributed by atoms with Gasteiger partial charge in [-0.2, -0.15) is 0 Å². The van der Waals surface area contributed by atoms with Crippen LogP contribution >= 0.6 is 46.4 Å². The van der Waals surface area contributed by atoms with Gasteiger partial charge in [-0.3, -0.25) is 0 Å². The van der Waals surface area contributed by atoms with Crippen LogP contribution < -0.4 is 0 Å². The summed E-state index contributed by atoms with van der Waals surface area (Å²) < 4.78 is 11.5. The smallest absolute Gasteiger partial charge is 0.0651 e. The summed E-state index contributed by atoms with van der Waals surface area (Å²) in [5, 5.41) is 2.70. The summed E-state index contributed by atoms with van der Waals surface area (Å²) in [5.41, 5.74) is 3.40. The molecular weight excluding hydrogens is 630 g/mol. The third-order valence-electron chi connectivity index (χ3n) is 12.6. The van der Waals surface area contributed by atoms with E-state index < -0.39 is 0 Å². The van der Waals surface area contributed by atoms with Gasteiger partial charge in [0.25, 0.3) is 0 Å². The average molecular weight is 683 g/mol. The van der Waals surface area contributed by atoms with Gasteiger partial charge < -0.3 is 9.47 Å². The van der Waals surface area contributed by atoms with Crippen molar-refractivity contribution in [2.75, 3.05) is 14.2 Å². The number of ether oxygens (including phenoxy) is 2. The highest BCUT2D eigenvalue weighted by Crippen LogP contribution is 2.55. The minimum Gasteiger partial charge on any atom is -0.379 e. The monoisotopic (exact) mass is 680 g/mol. The Balaban J connectivity index is 0.000000175. The number of halogens is 4. The summed E-state index contributed by atoms with van der Waals surface area (Å²) in [6.07, 6.45) is 20.2. The van der Waals surface area contributed by atoms with E-state index >= 15 is 0 Å². The first-order valence-electron chi connectivity index (χ1n) is 17.0. The molecule has 0 N–H and O–H groups in total. The molecule has 0 aliphatic heterocycles. The van der Waals surface area contributed by atoms with Crippen molar-refractivity contribution in [1.82, 2.24) is 0 Å². The summed E-state index contributed by atoms with van der Waals surface area (Å²) in [6, 6.07) is 12.6. The summed E-state index contributed by atoms with van der Waals surface area (Å²) in [5.74, 6) is 1.57. The Labute approximate surface area is 286 Å². The van der Waals surface area contributed by atoms with Gasteiger partial charge in [-0.1, -0.05) is 84.2 Å². The molecular formula is C38H52Cl4O2. The normalized spacial score (nSPS) is 33.3. The maximum atomic E-state index is 6.33. The molecule has 0 bridgehead atoms. The Morgan fingerprint density at radius 2 is 0.818 bits per heavy atom. The van der Waals surface area contributed by atoms with E-state index in [9.17, 15) is 0 Å². The number of rotatable bonds is 6. The van der Waals surface area contributed by atoms with Gasteiger partial charge in [-0.05, 0) is 149 Å². The molecule has 4 saturated carbocycles. The molecule has 6 heteroatoms. The number of hydrogen-bond donors (Lipinski definition) is 0. The van der Waals surface area contributed by atoms with E-state index in [4.69, 9.17) is 55.9 Å². The second-order valence-electron chi connectivity index (χ2n) is 14.8. The van der Waals surface area contributed by atoms with Crippen LogP contribution in [0.25, 0.3) is 0 Å². The van der Waals surface area contributed by atoms with Crippen LogP contribution in [-0.2, 0) is 20.3 Å². The van der Waals surface area contributed by atoms with Gasteiger partial charge in [-0.15, -0.1) is 0 Å². The molecule has 0 atom stereocenters. The molecule has 0 spiro atoms. The molecule has 4 aliphatic rings. The first-order chi connectivity index (χ1) is 21.0. The molecule has 2 aromatic rings. The Bertz CT molecular complexity index is 1150. The van der Waals surface area contributed by atoms with Crippen molar-refractivity contribution in [3.05, 3.63) is 67.6 Å². The molecule has 0 radical (unpaired) electrons. The lowest BCUT2D eigenvalue weighted by Crippen LogP contribution is -2.44. The molecule has 0 heterocycles. The highest BCUT2D eigenvalue weighted by molar-refractivity contribution is 6.42. The van der Waals surface area contributed by atoms with Gasteiger partial charge >= 0.3 is 0 Å². The zero-order valence-corrected chi connectivity index (χ0v) is 30.3. The standard InChI is InChI=1S/2C19H26Cl2O/c2*1-18(22-2)9-11-19(12-10-18,14-5-3-4-6-14)15-7-8-16(20)17(21)13-15/h2*7-8,13-14H,3-6,9-12H2,1-2H3. The van der Waals surface area contributed by atoms with Crippen LogP contribution in [0.4, 0.5) is 0 Å². The molecule has 6 rings (SSSR count). The first kappa shape index (κ1) is 34.8. The van der Waals surface area contributed by atoms with E-state index in [0.29, 0.717) is 20.1 Å². The molecule has 244 valence electrons. The van der Waals surface area contributed by atoms with Crippen molar-refractivity contribution >= 4 is 46.4 Å². The molecule has 2 aromatic carbocycles. The van der Waals surface area contributed by atoms with Crippen molar-refractivity contribution in [2.45, 2.75) is 139 Å². The number of methoxy groups -OCH3 is 2. The third-order valence-corrected chi connectivity index (χ3v) is 14.1. The lowest BCUT2D eigenvalue weighted by Gasteiger charge is -2.48. The fourth-order valence-electron chi connectivity index (χ4n) is 9.29. The number of hydrogen-bond acceptors (Lipinski definition) is 2. The second kappa shape index (κ2) is 14.3. The summed E-state index contributed by atoms with van der Waals surface area (Å²) in [6.45, 7) is 4.50. The fourth-order valence-corrected chi connectivity index (χ4v) is 9.89. The minimum atomic E-state index is 0.0400. The molecule has 0 amide bonds. The van der Waals surface area contributed by atoms with E-state index in [1.54, 1.807) is 0 Å². The molecule has 0 unspecified atom stereocenters. The van der Waals surface area contributed by atoms with Crippen LogP contribution in [0, 0.1) is 11.8 Å². The van der Waals surface area contributed by atoms with E-state index in [0.717, 1.165) is 37.5 Å². The Morgan fingerprint density at radius 1 is 0.500 bits per heavy atom. The zero-order chi connectivity index (χ0) is 31.6. The Hall–Kier alpha value is -0.480. The van der Waals surface area contributed by atoms with Crippen LogP contribution in [0.15, 0.2) is 36.4 Å². The SMILES string of the molecule is COC1(C)CCC(c2ccc(Cl)c(Cl)c2)(C2CCCC2)CC1.COC1(C)CCC(c2ccc(Cl)c(Cl)c2)(C2CCCC2)CC1. The van der Waals surface area contributed by atoms with Crippen LogP contribution in [0.1, 0.15) is 128 Å². The quantitative estimate of drug-likeness (QED) is 0.302. The maximum Gasteiger partial charge on any atom is 0.0651 e. The van der Waals surface area contributed by atoms with Crippen molar-refractivity contribution < 1.29 is 9.47 Å². The van der Waals surface area contributed by atoms with E-state index in [1.807, 2.05) is 26.4 Å². The summed E-state index contributed by atoms with van der Waals surface area (Å²) >= 11 is 24.9. The average Bonchev–Trinajstić information content (AvgIpc) is 3.78.